The molecule has 1 aromatic heterocycles. The molecule has 1 heterocycles. The fourth-order valence-electron chi connectivity index (χ4n) is 5.36. The molecule has 2 aromatic carbocycles. The summed E-state index contributed by atoms with van der Waals surface area (Å²) in [6.45, 7) is 13.2. The predicted octanol–water partition coefficient (Wildman–Crippen LogP) is 10.2. The summed E-state index contributed by atoms with van der Waals surface area (Å²) in [7, 11) is 1.76. The number of benzene rings is 2. The molecule has 1 aliphatic rings. The summed E-state index contributed by atoms with van der Waals surface area (Å²) in [5.41, 5.74) is 3.43. The molecular formula is C32H47O5P. The summed E-state index contributed by atoms with van der Waals surface area (Å²) in [5.74, 6) is 1.59. The van der Waals surface area contributed by atoms with E-state index in [1.165, 1.54) is 44.9 Å². The van der Waals surface area contributed by atoms with E-state index >= 15 is 0 Å². The van der Waals surface area contributed by atoms with E-state index < -0.39 is 8.24 Å². The molecule has 0 aliphatic heterocycles. The third-order valence-electron chi connectivity index (χ3n) is 7.62. The van der Waals surface area contributed by atoms with Crippen molar-refractivity contribution in [3.63, 3.8) is 0 Å². The predicted molar refractivity (Wildman–Crippen MR) is 159 cm³/mol. The second kappa shape index (κ2) is 12.0. The second-order valence-electron chi connectivity index (χ2n) is 12.8. The van der Waals surface area contributed by atoms with Gasteiger partial charge in [-0.25, -0.2) is 0 Å². The summed E-state index contributed by atoms with van der Waals surface area (Å²) >= 11 is 0. The lowest BCUT2D eigenvalue weighted by atomic mass is 9.84. The minimum absolute atomic E-state index is 0.136. The van der Waals surface area contributed by atoms with Crippen molar-refractivity contribution in [3.05, 3.63) is 35.4 Å². The van der Waals surface area contributed by atoms with Crippen LogP contribution in [-0.2, 0) is 10.8 Å². The van der Waals surface area contributed by atoms with Crippen molar-refractivity contribution in [2.75, 3.05) is 14.2 Å². The van der Waals surface area contributed by atoms with Gasteiger partial charge in [0.05, 0.1) is 20.3 Å². The zero-order valence-corrected chi connectivity index (χ0v) is 25.6. The van der Waals surface area contributed by atoms with E-state index in [0.29, 0.717) is 0 Å². The van der Waals surface area contributed by atoms with Gasteiger partial charge < -0.3 is 17.9 Å². The van der Waals surface area contributed by atoms with Crippen LogP contribution in [0.1, 0.15) is 110 Å². The molecular weight excluding hydrogens is 495 g/mol. The van der Waals surface area contributed by atoms with Crippen LogP contribution in [0, 0.1) is 0 Å². The van der Waals surface area contributed by atoms with Gasteiger partial charge in [-0.2, -0.15) is 0 Å². The third kappa shape index (κ3) is 6.72. The van der Waals surface area contributed by atoms with Crippen molar-refractivity contribution in [2.45, 2.75) is 116 Å². The molecule has 0 atom stereocenters. The number of methoxy groups -OCH3 is 2. The lowest BCUT2D eigenvalue weighted by Gasteiger charge is -2.21. The highest BCUT2D eigenvalue weighted by Gasteiger charge is 2.26. The average molecular weight is 543 g/mol. The minimum Gasteiger partial charge on any atom is -0.497 e. The monoisotopic (exact) mass is 542 g/mol. The first-order valence-electron chi connectivity index (χ1n) is 14.3. The summed E-state index contributed by atoms with van der Waals surface area (Å²) < 4.78 is 31.9. The van der Waals surface area contributed by atoms with E-state index in [1.807, 2.05) is 0 Å². The van der Waals surface area contributed by atoms with Gasteiger partial charge in [0, 0.05) is 21.9 Å². The van der Waals surface area contributed by atoms with Crippen LogP contribution in [0.2, 0.25) is 0 Å². The highest BCUT2D eigenvalue weighted by molar-refractivity contribution is 7.31. The van der Waals surface area contributed by atoms with Gasteiger partial charge in [0.25, 0.3) is 0 Å². The van der Waals surface area contributed by atoms with Crippen molar-refractivity contribution >= 4 is 30.2 Å². The van der Waals surface area contributed by atoms with Gasteiger partial charge in [-0.15, -0.1) is 0 Å². The molecule has 4 rings (SSSR count). The lowest BCUT2D eigenvalue weighted by molar-refractivity contribution is 0.218. The number of fused-ring (bicyclic) bond motifs is 3. The molecule has 0 spiro atoms. The molecule has 0 unspecified atom stereocenters. The number of rotatable bonds is 4. The molecule has 1 aliphatic carbocycles. The highest BCUT2D eigenvalue weighted by Crippen LogP contribution is 2.45. The molecule has 0 bridgehead atoms. The maximum atomic E-state index is 6.79. The summed E-state index contributed by atoms with van der Waals surface area (Å²) in [5, 5.41) is 1.90. The van der Waals surface area contributed by atoms with Crippen LogP contribution in [0.15, 0.2) is 32.7 Å². The van der Waals surface area contributed by atoms with E-state index in [9.17, 15) is 0 Å². The van der Waals surface area contributed by atoms with E-state index in [2.05, 4.69) is 65.8 Å². The molecule has 1 fully saturated rings. The third-order valence-corrected chi connectivity index (χ3v) is 8.76. The Morgan fingerprint density at radius 3 is 1.39 bits per heavy atom. The van der Waals surface area contributed by atoms with Crippen LogP contribution in [0.5, 0.6) is 11.5 Å². The van der Waals surface area contributed by atoms with E-state index in [4.69, 9.17) is 22.4 Å². The average Bonchev–Trinajstić information content (AvgIpc) is 3.01. The van der Waals surface area contributed by atoms with Gasteiger partial charge in [0.1, 0.15) is 22.7 Å². The molecule has 0 N–H and O–H groups in total. The standard InChI is InChI=1S/C32H47O5P/c1-31(2,3)27-20-23(33-7)18-25-26-19-24(34-8)21-28(32(4,5)6)30(26)37-38(36-29(25)27)35-22-16-14-12-10-9-11-13-15-17-22/h18-22H,9-17H2,1-8H3. The Hall–Kier alpha value is -2.10. The largest absolute Gasteiger partial charge is 0.497 e. The Morgan fingerprint density at radius 1 is 0.632 bits per heavy atom. The molecule has 0 radical (unpaired) electrons. The first-order chi connectivity index (χ1) is 18.0. The normalized spacial score (nSPS) is 16.5. The van der Waals surface area contributed by atoms with Gasteiger partial charge in [0.15, 0.2) is 0 Å². The molecule has 6 heteroatoms. The molecule has 3 aromatic rings. The fraction of sp³-hybridized carbons (Fsp3) is 0.625. The molecule has 0 saturated heterocycles. The van der Waals surface area contributed by atoms with Crippen LogP contribution in [0.4, 0.5) is 0 Å². The van der Waals surface area contributed by atoms with Gasteiger partial charge >= 0.3 is 8.24 Å². The number of hydrogen-bond donors (Lipinski definition) is 0. The zero-order valence-electron chi connectivity index (χ0n) is 24.7. The van der Waals surface area contributed by atoms with Gasteiger partial charge in [-0.1, -0.05) is 86.5 Å². The maximum Gasteiger partial charge on any atom is 0.387 e. The first-order valence-corrected chi connectivity index (χ1v) is 15.4. The summed E-state index contributed by atoms with van der Waals surface area (Å²) in [4.78, 5) is 0. The first kappa shape index (κ1) is 28.9. The van der Waals surface area contributed by atoms with E-state index in [-0.39, 0.29) is 16.9 Å². The Labute approximate surface area is 229 Å². The quantitative estimate of drug-likeness (QED) is 0.328. The summed E-state index contributed by atoms with van der Waals surface area (Å²) in [6.07, 6.45) is 11.2. The van der Waals surface area contributed by atoms with E-state index in [0.717, 1.165) is 57.4 Å². The smallest absolute Gasteiger partial charge is 0.387 e. The minimum atomic E-state index is -1.67. The van der Waals surface area contributed by atoms with Gasteiger partial charge in [-0.3, -0.25) is 4.52 Å². The molecule has 1 saturated carbocycles. The molecule has 0 amide bonds. The van der Waals surface area contributed by atoms with Crippen LogP contribution in [0.25, 0.3) is 21.9 Å². The Balaban J connectivity index is 2.03. The highest BCUT2D eigenvalue weighted by atomic mass is 31.1. The number of hydrogen-bond acceptors (Lipinski definition) is 5. The maximum absolute atomic E-state index is 6.79. The van der Waals surface area contributed by atoms with Gasteiger partial charge in [-0.05, 0) is 47.9 Å². The van der Waals surface area contributed by atoms with Crippen molar-refractivity contribution in [3.8, 4) is 11.5 Å². The topological polar surface area (TPSA) is 54.0 Å². The Bertz CT molecular complexity index is 1180. The SMILES string of the molecule is COc1cc(C(C)(C)C)c2op(OC3CCCCCCCCC3)oc3c(C(C)(C)C)cc(OC)cc3c2c1. The van der Waals surface area contributed by atoms with Crippen molar-refractivity contribution in [2.24, 2.45) is 0 Å². The second-order valence-corrected chi connectivity index (χ2v) is 13.8. The molecule has 38 heavy (non-hydrogen) atoms. The van der Waals surface area contributed by atoms with Crippen LogP contribution < -0.4 is 14.0 Å². The molecule has 5 nitrogen and oxygen atoms in total. The van der Waals surface area contributed by atoms with Crippen LogP contribution >= 0.6 is 8.24 Å². The Kier molecular flexibility index (Phi) is 9.10. The lowest BCUT2D eigenvalue weighted by Crippen LogP contribution is -2.15. The van der Waals surface area contributed by atoms with Crippen LogP contribution in [0.3, 0.4) is 0 Å². The Morgan fingerprint density at radius 2 is 1.03 bits per heavy atom. The summed E-state index contributed by atoms with van der Waals surface area (Å²) in [6, 6.07) is 8.29. The fourth-order valence-corrected chi connectivity index (χ4v) is 6.63. The molecule has 210 valence electrons. The van der Waals surface area contributed by atoms with Crippen molar-refractivity contribution in [1.29, 1.82) is 0 Å². The van der Waals surface area contributed by atoms with Crippen molar-refractivity contribution in [1.82, 2.24) is 0 Å². The number of ether oxygens (including phenoxy) is 2. The van der Waals surface area contributed by atoms with Crippen LogP contribution in [-0.4, -0.2) is 20.3 Å². The van der Waals surface area contributed by atoms with Gasteiger partial charge in [0.2, 0.25) is 0 Å². The zero-order chi connectivity index (χ0) is 27.5. The van der Waals surface area contributed by atoms with Crippen molar-refractivity contribution < 1.29 is 22.4 Å². The van der Waals surface area contributed by atoms with E-state index in [1.54, 1.807) is 14.2 Å².